The normalized spacial score (nSPS) is 15.1. The van der Waals surface area contributed by atoms with Crippen molar-refractivity contribution in [3.8, 4) is 0 Å². The van der Waals surface area contributed by atoms with Gasteiger partial charge in [0.15, 0.2) is 6.10 Å². The van der Waals surface area contributed by atoms with E-state index in [1.54, 1.807) is 6.07 Å². The van der Waals surface area contributed by atoms with E-state index in [0.29, 0.717) is 12.8 Å². The summed E-state index contributed by atoms with van der Waals surface area (Å²) in [6, 6.07) is 7.43. The van der Waals surface area contributed by atoms with E-state index in [1.807, 2.05) is 18.2 Å². The quantitative estimate of drug-likeness (QED) is 0.781. The molecule has 1 aliphatic heterocycles. The summed E-state index contributed by atoms with van der Waals surface area (Å²) in [6.07, 6.45) is -0.0776. The van der Waals surface area contributed by atoms with Gasteiger partial charge in [-0.2, -0.15) is 0 Å². The lowest BCUT2D eigenvalue weighted by Crippen LogP contribution is -2.45. The van der Waals surface area contributed by atoms with Crippen LogP contribution in [0, 0.1) is 0 Å². The number of carboxylic acids is 1. The van der Waals surface area contributed by atoms with Gasteiger partial charge < -0.3 is 20.1 Å². The predicted octanol–water partition coefficient (Wildman–Crippen LogP) is 0.182. The van der Waals surface area contributed by atoms with Crippen LogP contribution in [0.1, 0.15) is 12.0 Å². The smallest absolute Gasteiger partial charge is 0.334 e. The maximum Gasteiger partial charge on any atom is 0.334 e. The second-order valence-electron chi connectivity index (χ2n) is 4.98. The lowest BCUT2D eigenvalue weighted by molar-refractivity contribution is -0.148. The number of anilines is 1. The van der Waals surface area contributed by atoms with E-state index in [-0.39, 0.29) is 19.0 Å². The Hall–Kier alpha value is -2.41. The number of ether oxygens (including phenoxy) is 1. The van der Waals surface area contributed by atoms with Gasteiger partial charge in [-0.15, -0.1) is 0 Å². The number of nitrogens with one attached hydrogen (secondary N) is 1. The van der Waals surface area contributed by atoms with Crippen molar-refractivity contribution in [1.82, 2.24) is 5.32 Å². The van der Waals surface area contributed by atoms with Crippen molar-refractivity contribution >= 4 is 23.5 Å². The first-order valence-corrected chi connectivity index (χ1v) is 6.93. The van der Waals surface area contributed by atoms with Crippen LogP contribution < -0.4 is 10.2 Å². The molecule has 2 amide bonds. The van der Waals surface area contributed by atoms with Crippen molar-refractivity contribution in [3.63, 3.8) is 0 Å². The molecule has 2 N–H and O–H groups in total. The predicted molar refractivity (Wildman–Crippen MR) is 78.6 cm³/mol. The number of carboxylic acid groups (broad SMARTS) is 1. The fraction of sp³-hybridized carbons (Fsp3) is 0.400. The molecule has 0 spiro atoms. The molecule has 22 heavy (non-hydrogen) atoms. The number of rotatable bonds is 6. The summed E-state index contributed by atoms with van der Waals surface area (Å²) in [5.41, 5.74) is 1.76. The molecule has 1 aromatic carbocycles. The molecule has 1 atom stereocenters. The summed E-state index contributed by atoms with van der Waals surface area (Å²) in [6.45, 7) is -0.278. The average molecular weight is 306 g/mol. The number of amides is 2. The molecule has 0 aromatic heterocycles. The number of para-hydroxylation sites is 1. The van der Waals surface area contributed by atoms with Crippen LogP contribution in [-0.4, -0.2) is 49.2 Å². The summed E-state index contributed by atoms with van der Waals surface area (Å²) >= 11 is 0. The highest BCUT2D eigenvalue weighted by atomic mass is 16.5. The lowest BCUT2D eigenvalue weighted by atomic mass is 10.0. The highest BCUT2D eigenvalue weighted by molar-refractivity contribution is 6.01. The fourth-order valence-corrected chi connectivity index (χ4v) is 2.35. The molecule has 0 saturated carbocycles. The maximum absolute atomic E-state index is 12.0. The van der Waals surface area contributed by atoms with Crippen molar-refractivity contribution in [3.05, 3.63) is 29.8 Å². The largest absolute Gasteiger partial charge is 0.479 e. The number of nitrogens with zero attached hydrogens (tertiary/aromatic N) is 1. The van der Waals surface area contributed by atoms with E-state index in [0.717, 1.165) is 11.3 Å². The molecular weight excluding hydrogens is 288 g/mol. The summed E-state index contributed by atoms with van der Waals surface area (Å²) in [4.78, 5) is 36.2. The van der Waals surface area contributed by atoms with Gasteiger partial charge in [-0.05, 0) is 18.1 Å². The van der Waals surface area contributed by atoms with Gasteiger partial charge in [0.25, 0.3) is 0 Å². The third kappa shape index (κ3) is 3.62. The zero-order valence-electron chi connectivity index (χ0n) is 12.2. The molecule has 2 rings (SSSR count). The summed E-state index contributed by atoms with van der Waals surface area (Å²) in [5, 5.41) is 11.3. The fourth-order valence-electron chi connectivity index (χ4n) is 2.35. The second-order valence-corrected chi connectivity index (χ2v) is 4.98. The molecule has 7 heteroatoms. The molecule has 1 aromatic rings. The number of hydrogen-bond acceptors (Lipinski definition) is 4. The van der Waals surface area contributed by atoms with Crippen molar-refractivity contribution in [1.29, 1.82) is 0 Å². The van der Waals surface area contributed by atoms with Crippen molar-refractivity contribution in [2.45, 2.75) is 18.9 Å². The van der Waals surface area contributed by atoms with Gasteiger partial charge in [0, 0.05) is 19.2 Å². The Morgan fingerprint density at radius 1 is 1.36 bits per heavy atom. The first-order chi connectivity index (χ1) is 10.5. The molecule has 0 saturated heterocycles. The maximum atomic E-state index is 12.0. The second kappa shape index (κ2) is 7.04. The lowest BCUT2D eigenvalue weighted by Gasteiger charge is -2.28. The van der Waals surface area contributed by atoms with Gasteiger partial charge in [-0.25, -0.2) is 4.79 Å². The Balaban J connectivity index is 1.99. The Morgan fingerprint density at radius 3 is 2.77 bits per heavy atom. The molecule has 1 heterocycles. The number of methoxy groups -OCH3 is 1. The van der Waals surface area contributed by atoms with Gasteiger partial charge in [0.1, 0.15) is 6.54 Å². The van der Waals surface area contributed by atoms with E-state index >= 15 is 0 Å². The molecule has 1 aliphatic rings. The van der Waals surface area contributed by atoms with Crippen LogP contribution in [0.4, 0.5) is 5.69 Å². The highest BCUT2D eigenvalue weighted by Crippen LogP contribution is 2.26. The SMILES string of the molecule is COC(CNC(=O)CN1C(=O)CCc2ccccc21)C(=O)O. The van der Waals surface area contributed by atoms with Crippen LogP contribution in [0.25, 0.3) is 0 Å². The zero-order chi connectivity index (χ0) is 16.1. The Morgan fingerprint density at radius 2 is 2.09 bits per heavy atom. The first-order valence-electron chi connectivity index (χ1n) is 6.93. The molecule has 7 nitrogen and oxygen atoms in total. The van der Waals surface area contributed by atoms with Crippen molar-refractivity contribution in [2.24, 2.45) is 0 Å². The standard InChI is InChI=1S/C15H18N2O5/c1-22-12(15(20)21)8-16-13(18)9-17-11-5-3-2-4-10(11)6-7-14(17)19/h2-5,12H,6-9H2,1H3,(H,16,18)(H,20,21). The molecule has 0 fully saturated rings. The van der Waals surface area contributed by atoms with Gasteiger partial charge >= 0.3 is 5.97 Å². The van der Waals surface area contributed by atoms with Crippen LogP contribution >= 0.6 is 0 Å². The van der Waals surface area contributed by atoms with Crippen LogP contribution in [0.5, 0.6) is 0 Å². The number of fused-ring (bicyclic) bond motifs is 1. The molecule has 0 radical (unpaired) electrons. The highest BCUT2D eigenvalue weighted by Gasteiger charge is 2.26. The number of carbonyl (C=O) groups is 3. The average Bonchev–Trinajstić information content (AvgIpc) is 2.50. The number of benzene rings is 1. The first kappa shape index (κ1) is 16.0. The minimum absolute atomic E-state index is 0.115. The number of aryl methyl sites for hydroxylation is 1. The van der Waals surface area contributed by atoms with Crippen LogP contribution in [0.3, 0.4) is 0 Å². The minimum Gasteiger partial charge on any atom is -0.479 e. The third-order valence-corrected chi connectivity index (χ3v) is 3.54. The van der Waals surface area contributed by atoms with Crippen LogP contribution in [0.2, 0.25) is 0 Å². The third-order valence-electron chi connectivity index (χ3n) is 3.54. The Labute approximate surface area is 127 Å². The summed E-state index contributed by atoms with van der Waals surface area (Å²) < 4.78 is 4.73. The van der Waals surface area contributed by atoms with E-state index in [4.69, 9.17) is 9.84 Å². The van der Waals surface area contributed by atoms with Crippen LogP contribution in [0.15, 0.2) is 24.3 Å². The van der Waals surface area contributed by atoms with E-state index in [2.05, 4.69) is 5.32 Å². The number of carbonyl (C=O) groups excluding carboxylic acids is 2. The molecule has 118 valence electrons. The van der Waals surface area contributed by atoms with Crippen LogP contribution in [-0.2, 0) is 25.5 Å². The van der Waals surface area contributed by atoms with Gasteiger partial charge in [0.05, 0.1) is 6.54 Å². The van der Waals surface area contributed by atoms with Gasteiger partial charge in [0.2, 0.25) is 11.8 Å². The Kier molecular flexibility index (Phi) is 5.11. The van der Waals surface area contributed by atoms with E-state index < -0.39 is 18.0 Å². The molecule has 1 unspecified atom stereocenters. The van der Waals surface area contributed by atoms with Gasteiger partial charge in [-0.1, -0.05) is 18.2 Å². The van der Waals surface area contributed by atoms with Crippen molar-refractivity contribution < 1.29 is 24.2 Å². The number of hydrogen-bond donors (Lipinski definition) is 2. The van der Waals surface area contributed by atoms with E-state index in [1.165, 1.54) is 12.0 Å². The van der Waals surface area contributed by atoms with Crippen molar-refractivity contribution in [2.75, 3.05) is 25.1 Å². The molecular formula is C15H18N2O5. The minimum atomic E-state index is -1.15. The zero-order valence-corrected chi connectivity index (χ0v) is 12.2. The summed E-state index contributed by atoms with van der Waals surface area (Å²) in [5.74, 6) is -1.69. The topological polar surface area (TPSA) is 95.9 Å². The van der Waals surface area contributed by atoms with Gasteiger partial charge in [-0.3, -0.25) is 9.59 Å². The molecule has 0 bridgehead atoms. The summed E-state index contributed by atoms with van der Waals surface area (Å²) in [7, 11) is 1.26. The monoisotopic (exact) mass is 306 g/mol. The Bertz CT molecular complexity index is 587. The van der Waals surface area contributed by atoms with E-state index in [9.17, 15) is 14.4 Å². The number of aliphatic carboxylic acids is 1. The molecule has 0 aliphatic carbocycles.